The van der Waals surface area contributed by atoms with E-state index in [4.69, 9.17) is 5.11 Å². The molecule has 1 aromatic carbocycles. The lowest BCUT2D eigenvalue weighted by atomic mass is 10.0. The lowest BCUT2D eigenvalue weighted by Gasteiger charge is -2.31. The van der Waals surface area contributed by atoms with Gasteiger partial charge in [0.2, 0.25) is 0 Å². The highest BCUT2D eigenvalue weighted by Crippen LogP contribution is 2.22. The van der Waals surface area contributed by atoms with Crippen LogP contribution in [0.25, 0.3) is 0 Å². The first kappa shape index (κ1) is 15.2. The van der Waals surface area contributed by atoms with Gasteiger partial charge < -0.3 is 5.11 Å². The Balaban J connectivity index is 2.16. The summed E-state index contributed by atoms with van der Waals surface area (Å²) in [4.78, 5) is 0. The summed E-state index contributed by atoms with van der Waals surface area (Å²) in [7, 11) is -3.71. The van der Waals surface area contributed by atoms with Crippen molar-refractivity contribution in [2.24, 2.45) is 5.92 Å². The highest BCUT2D eigenvalue weighted by atomic mass is 32.2. The summed E-state index contributed by atoms with van der Waals surface area (Å²) >= 11 is 0. The van der Waals surface area contributed by atoms with Gasteiger partial charge in [0.05, 0.1) is 5.69 Å². The number of aliphatic hydroxyl groups excluding tert-OH is 1. The molecule has 0 aromatic heterocycles. The Labute approximate surface area is 118 Å². The largest absolute Gasteiger partial charge is 0.396 e. The molecule has 1 aliphatic heterocycles. The molecule has 2 N–H and O–H groups in total. The minimum atomic E-state index is -3.71. The maximum atomic E-state index is 13.2. The molecule has 5 nitrogen and oxygen atoms in total. The van der Waals surface area contributed by atoms with Crippen molar-refractivity contribution in [3.05, 3.63) is 29.6 Å². The number of rotatable bonds is 4. The average Bonchev–Trinajstić information content (AvgIpc) is 2.43. The molecule has 1 aliphatic rings. The van der Waals surface area contributed by atoms with E-state index in [0.29, 0.717) is 25.1 Å². The molecule has 1 atom stereocenters. The van der Waals surface area contributed by atoms with Crippen LogP contribution in [0.3, 0.4) is 0 Å². The van der Waals surface area contributed by atoms with Gasteiger partial charge in [0.15, 0.2) is 0 Å². The third kappa shape index (κ3) is 3.47. The molecule has 1 heterocycles. The Hall–Kier alpha value is -1.18. The lowest BCUT2D eigenvalue weighted by Crippen LogP contribution is -2.43. The monoisotopic (exact) mass is 302 g/mol. The molecule has 7 heteroatoms. The minimum absolute atomic E-state index is 0.0228. The molecule has 112 valence electrons. The van der Waals surface area contributed by atoms with Crippen LogP contribution in [0.2, 0.25) is 0 Å². The fourth-order valence-corrected chi connectivity index (χ4v) is 3.71. The summed E-state index contributed by atoms with van der Waals surface area (Å²) in [5, 5.41) is 9.15. The van der Waals surface area contributed by atoms with Crippen LogP contribution < -0.4 is 4.72 Å². The Morgan fingerprint density at radius 3 is 2.95 bits per heavy atom. The van der Waals surface area contributed by atoms with E-state index in [9.17, 15) is 12.8 Å². The third-order valence-electron chi connectivity index (χ3n) is 3.52. The van der Waals surface area contributed by atoms with Gasteiger partial charge in [-0.3, -0.25) is 4.72 Å². The summed E-state index contributed by atoms with van der Waals surface area (Å²) in [5.41, 5.74) is 0.904. The summed E-state index contributed by atoms with van der Waals surface area (Å²) in [6.45, 7) is 2.40. The number of aryl methyl sites for hydroxylation is 1. The minimum Gasteiger partial charge on any atom is -0.396 e. The van der Waals surface area contributed by atoms with Crippen LogP contribution in [-0.2, 0) is 10.2 Å². The van der Waals surface area contributed by atoms with Crippen molar-refractivity contribution in [2.45, 2.75) is 19.8 Å². The van der Waals surface area contributed by atoms with Gasteiger partial charge in [-0.1, -0.05) is 6.07 Å². The molecular formula is C13H19FN2O3S. The van der Waals surface area contributed by atoms with Gasteiger partial charge in [0.25, 0.3) is 0 Å². The molecule has 2 rings (SSSR count). The van der Waals surface area contributed by atoms with Crippen molar-refractivity contribution in [1.82, 2.24) is 4.31 Å². The number of nitrogens with zero attached hydrogens (tertiary/aromatic N) is 1. The summed E-state index contributed by atoms with van der Waals surface area (Å²) in [6, 6.07) is 3.98. The van der Waals surface area contributed by atoms with E-state index in [-0.39, 0.29) is 18.2 Å². The zero-order valence-electron chi connectivity index (χ0n) is 11.3. The van der Waals surface area contributed by atoms with Crippen LogP contribution >= 0.6 is 0 Å². The third-order valence-corrected chi connectivity index (χ3v) is 5.01. The van der Waals surface area contributed by atoms with Gasteiger partial charge in [0, 0.05) is 19.7 Å². The predicted molar refractivity (Wildman–Crippen MR) is 75.1 cm³/mol. The summed E-state index contributed by atoms with van der Waals surface area (Å²) < 4.78 is 41.5. The van der Waals surface area contributed by atoms with Crippen LogP contribution in [0.5, 0.6) is 0 Å². The van der Waals surface area contributed by atoms with Crippen molar-refractivity contribution < 1.29 is 17.9 Å². The van der Waals surface area contributed by atoms with Crippen LogP contribution in [0.4, 0.5) is 10.1 Å². The molecule has 1 unspecified atom stereocenters. The smallest absolute Gasteiger partial charge is 0.301 e. The number of piperidine rings is 1. The molecule has 1 aromatic rings. The molecule has 0 aliphatic carbocycles. The first-order chi connectivity index (χ1) is 9.42. The number of aliphatic hydroxyl groups is 1. The second-order valence-corrected chi connectivity index (χ2v) is 6.79. The Kier molecular flexibility index (Phi) is 4.62. The van der Waals surface area contributed by atoms with Gasteiger partial charge in [-0.25, -0.2) is 4.39 Å². The van der Waals surface area contributed by atoms with Crippen LogP contribution in [0, 0.1) is 18.7 Å². The zero-order chi connectivity index (χ0) is 14.8. The van der Waals surface area contributed by atoms with Gasteiger partial charge >= 0.3 is 10.2 Å². The fraction of sp³-hybridized carbons (Fsp3) is 0.538. The van der Waals surface area contributed by atoms with Crippen molar-refractivity contribution in [3.63, 3.8) is 0 Å². The van der Waals surface area contributed by atoms with E-state index in [1.807, 2.05) is 0 Å². The van der Waals surface area contributed by atoms with Crippen molar-refractivity contribution in [2.75, 3.05) is 24.4 Å². The predicted octanol–water partition coefficient (Wildman–Crippen LogP) is 1.50. The van der Waals surface area contributed by atoms with Gasteiger partial charge in [-0.05, 0) is 43.4 Å². The van der Waals surface area contributed by atoms with Gasteiger partial charge in [-0.15, -0.1) is 0 Å². The number of anilines is 1. The zero-order valence-corrected chi connectivity index (χ0v) is 12.2. The topological polar surface area (TPSA) is 69.6 Å². The van der Waals surface area contributed by atoms with E-state index in [1.165, 1.54) is 22.5 Å². The maximum absolute atomic E-state index is 13.2. The van der Waals surface area contributed by atoms with Crippen LogP contribution in [0.15, 0.2) is 18.2 Å². The van der Waals surface area contributed by atoms with Gasteiger partial charge in [-0.2, -0.15) is 12.7 Å². The molecule has 0 saturated carbocycles. The number of halogens is 1. The maximum Gasteiger partial charge on any atom is 0.301 e. The molecule has 0 radical (unpaired) electrons. The first-order valence-electron chi connectivity index (χ1n) is 6.57. The number of hydrogen-bond acceptors (Lipinski definition) is 3. The molecule has 1 fully saturated rings. The Bertz CT molecular complexity index is 577. The normalized spacial score (nSPS) is 20.9. The SMILES string of the molecule is Cc1ccc(F)cc1NS(=O)(=O)N1CCCC(CO)C1. The lowest BCUT2D eigenvalue weighted by molar-refractivity contribution is 0.166. The van der Waals surface area contributed by atoms with Crippen molar-refractivity contribution in [3.8, 4) is 0 Å². The van der Waals surface area contributed by atoms with Crippen molar-refractivity contribution >= 4 is 15.9 Å². The average molecular weight is 302 g/mol. The molecule has 1 saturated heterocycles. The quantitative estimate of drug-likeness (QED) is 0.885. The Morgan fingerprint density at radius 1 is 1.50 bits per heavy atom. The van der Waals surface area contributed by atoms with E-state index in [1.54, 1.807) is 6.92 Å². The standard InChI is InChI=1S/C13H19FN2O3S/c1-10-4-5-12(14)7-13(10)15-20(18,19)16-6-2-3-11(8-16)9-17/h4-5,7,11,15,17H,2-3,6,8-9H2,1H3. The molecule has 20 heavy (non-hydrogen) atoms. The van der Waals surface area contributed by atoms with Crippen molar-refractivity contribution in [1.29, 1.82) is 0 Å². The molecule has 0 amide bonds. The summed E-state index contributed by atoms with van der Waals surface area (Å²) in [6.07, 6.45) is 1.54. The number of benzene rings is 1. The van der Waals surface area contributed by atoms with E-state index >= 15 is 0 Å². The van der Waals surface area contributed by atoms with E-state index in [2.05, 4.69) is 4.72 Å². The highest BCUT2D eigenvalue weighted by molar-refractivity contribution is 7.90. The van der Waals surface area contributed by atoms with E-state index < -0.39 is 16.0 Å². The first-order valence-corrected chi connectivity index (χ1v) is 8.01. The van der Waals surface area contributed by atoms with Gasteiger partial charge in [0.1, 0.15) is 5.82 Å². The number of hydrogen-bond donors (Lipinski definition) is 2. The Morgan fingerprint density at radius 2 is 2.25 bits per heavy atom. The molecule has 0 spiro atoms. The van der Waals surface area contributed by atoms with E-state index in [0.717, 1.165) is 6.42 Å². The fourth-order valence-electron chi connectivity index (χ4n) is 2.30. The molecular weight excluding hydrogens is 283 g/mol. The molecule has 0 bridgehead atoms. The second-order valence-electron chi connectivity index (χ2n) is 5.12. The van der Waals surface area contributed by atoms with Crippen LogP contribution in [0.1, 0.15) is 18.4 Å². The second kappa shape index (κ2) is 6.07. The summed E-state index contributed by atoms with van der Waals surface area (Å²) in [5.74, 6) is -0.519. The highest BCUT2D eigenvalue weighted by Gasteiger charge is 2.28. The number of nitrogens with one attached hydrogen (secondary N) is 1. The van der Waals surface area contributed by atoms with Crippen LogP contribution in [-0.4, -0.2) is 37.5 Å².